The van der Waals surface area contributed by atoms with Gasteiger partial charge in [-0.2, -0.15) is 4.98 Å². The molecule has 0 unspecified atom stereocenters. The van der Waals surface area contributed by atoms with E-state index in [1.54, 1.807) is 6.20 Å². The summed E-state index contributed by atoms with van der Waals surface area (Å²) in [7, 11) is 0. The number of rotatable bonds is 5. The quantitative estimate of drug-likeness (QED) is 0.843. The molecule has 0 fully saturated rings. The fourth-order valence-electron chi connectivity index (χ4n) is 0.942. The lowest BCUT2D eigenvalue weighted by Gasteiger charge is -2.10. The maximum Gasteiger partial charge on any atom is 0.237 e. The van der Waals surface area contributed by atoms with E-state index in [9.17, 15) is 0 Å². The van der Waals surface area contributed by atoms with Crippen LogP contribution in [0.5, 0.6) is 5.88 Å². The Balaban J connectivity index is 2.71. The molecule has 1 rings (SSSR count). The third kappa shape index (κ3) is 3.91. The number of ether oxygens (including phenoxy) is 1. The van der Waals surface area contributed by atoms with Crippen molar-refractivity contribution < 1.29 is 4.74 Å². The molecule has 0 aliphatic heterocycles. The monoisotopic (exact) mass is 229 g/mol. The third-order valence-corrected chi connectivity index (χ3v) is 1.86. The van der Waals surface area contributed by atoms with E-state index in [0.717, 1.165) is 6.54 Å². The lowest BCUT2D eigenvalue weighted by atomic mass is 10.2. The molecule has 0 saturated carbocycles. The van der Waals surface area contributed by atoms with Gasteiger partial charge in [0, 0.05) is 6.54 Å². The van der Waals surface area contributed by atoms with Gasteiger partial charge in [0.1, 0.15) is 5.02 Å². The highest BCUT2D eigenvalue weighted by molar-refractivity contribution is 6.31. The van der Waals surface area contributed by atoms with Gasteiger partial charge in [-0.25, -0.2) is 4.98 Å². The summed E-state index contributed by atoms with van der Waals surface area (Å²) in [4.78, 5) is 8.18. The molecule has 0 atom stereocenters. The first kappa shape index (κ1) is 12.0. The van der Waals surface area contributed by atoms with E-state index < -0.39 is 0 Å². The molecular weight excluding hydrogens is 214 g/mol. The summed E-state index contributed by atoms with van der Waals surface area (Å²) in [5.41, 5.74) is 0. The van der Waals surface area contributed by atoms with Crippen LogP contribution in [-0.4, -0.2) is 23.1 Å². The predicted octanol–water partition coefficient (Wildman–Crippen LogP) is 2.60. The van der Waals surface area contributed by atoms with Crippen LogP contribution in [-0.2, 0) is 0 Å². The maximum atomic E-state index is 5.90. The zero-order chi connectivity index (χ0) is 11.3. The average Bonchev–Trinajstić information content (AvgIpc) is 2.19. The molecule has 1 N–H and O–H groups in total. The minimum atomic E-state index is 0.441. The van der Waals surface area contributed by atoms with Gasteiger partial charge in [-0.1, -0.05) is 25.4 Å². The summed E-state index contributed by atoms with van der Waals surface area (Å²) < 4.78 is 5.46. The zero-order valence-corrected chi connectivity index (χ0v) is 10.0. The Bertz CT molecular complexity index is 318. The van der Waals surface area contributed by atoms with Gasteiger partial charge in [-0.05, 0) is 12.8 Å². The standard InChI is InChI=1S/C10H16ClN3O/c1-4-12-10-13-5-8(11)9(14-10)15-6-7(2)3/h5,7H,4,6H2,1-3H3,(H,12,13,14). The van der Waals surface area contributed by atoms with Gasteiger partial charge in [0.05, 0.1) is 12.8 Å². The van der Waals surface area contributed by atoms with Gasteiger partial charge in [0.25, 0.3) is 0 Å². The highest BCUT2D eigenvalue weighted by Crippen LogP contribution is 2.22. The van der Waals surface area contributed by atoms with Crippen LogP contribution in [0, 0.1) is 5.92 Å². The average molecular weight is 230 g/mol. The lowest BCUT2D eigenvalue weighted by Crippen LogP contribution is -2.08. The summed E-state index contributed by atoms with van der Waals surface area (Å²) >= 11 is 5.90. The number of hydrogen-bond donors (Lipinski definition) is 1. The predicted molar refractivity (Wildman–Crippen MR) is 61.5 cm³/mol. The van der Waals surface area contributed by atoms with Crippen molar-refractivity contribution in [2.45, 2.75) is 20.8 Å². The topological polar surface area (TPSA) is 47.0 Å². The van der Waals surface area contributed by atoms with Crippen molar-refractivity contribution in [1.29, 1.82) is 0 Å². The molecule has 0 spiro atoms. The van der Waals surface area contributed by atoms with E-state index in [0.29, 0.717) is 29.4 Å². The minimum Gasteiger partial charge on any atom is -0.476 e. The Morgan fingerprint density at radius 3 is 2.87 bits per heavy atom. The summed E-state index contributed by atoms with van der Waals surface area (Å²) in [5, 5.41) is 3.44. The van der Waals surface area contributed by atoms with Crippen LogP contribution in [0.15, 0.2) is 6.20 Å². The number of nitrogens with zero attached hydrogens (tertiary/aromatic N) is 2. The van der Waals surface area contributed by atoms with Gasteiger partial charge >= 0.3 is 0 Å². The first-order valence-electron chi connectivity index (χ1n) is 5.02. The van der Waals surface area contributed by atoms with Crippen molar-refractivity contribution >= 4 is 17.5 Å². The Morgan fingerprint density at radius 1 is 1.53 bits per heavy atom. The van der Waals surface area contributed by atoms with Gasteiger partial charge in [-0.15, -0.1) is 0 Å². The first-order valence-corrected chi connectivity index (χ1v) is 5.40. The number of anilines is 1. The second-order valence-electron chi connectivity index (χ2n) is 3.58. The Morgan fingerprint density at radius 2 is 2.27 bits per heavy atom. The van der Waals surface area contributed by atoms with E-state index in [2.05, 4.69) is 29.1 Å². The molecule has 0 radical (unpaired) electrons. The SMILES string of the molecule is CCNc1ncc(Cl)c(OCC(C)C)n1. The van der Waals surface area contributed by atoms with Crippen LogP contribution >= 0.6 is 11.6 Å². The van der Waals surface area contributed by atoms with Crippen LogP contribution in [0.1, 0.15) is 20.8 Å². The normalized spacial score (nSPS) is 10.5. The van der Waals surface area contributed by atoms with Crippen molar-refractivity contribution in [3.63, 3.8) is 0 Å². The van der Waals surface area contributed by atoms with E-state index in [1.807, 2.05) is 6.92 Å². The molecule has 0 amide bonds. The summed E-state index contributed by atoms with van der Waals surface area (Å²) in [6.45, 7) is 7.49. The lowest BCUT2D eigenvalue weighted by molar-refractivity contribution is 0.261. The Labute approximate surface area is 95.0 Å². The molecule has 0 saturated heterocycles. The van der Waals surface area contributed by atoms with Crippen molar-refractivity contribution in [2.24, 2.45) is 5.92 Å². The zero-order valence-electron chi connectivity index (χ0n) is 9.25. The largest absolute Gasteiger partial charge is 0.476 e. The summed E-state index contributed by atoms with van der Waals surface area (Å²) in [6.07, 6.45) is 1.54. The highest BCUT2D eigenvalue weighted by atomic mass is 35.5. The van der Waals surface area contributed by atoms with Crippen LogP contribution in [0.25, 0.3) is 0 Å². The third-order valence-electron chi connectivity index (χ3n) is 1.60. The van der Waals surface area contributed by atoms with Crippen molar-refractivity contribution in [1.82, 2.24) is 9.97 Å². The van der Waals surface area contributed by atoms with Gasteiger partial charge in [0.15, 0.2) is 0 Å². The molecule has 0 aromatic carbocycles. The molecule has 1 aromatic rings. The van der Waals surface area contributed by atoms with Crippen molar-refractivity contribution in [3.05, 3.63) is 11.2 Å². The highest BCUT2D eigenvalue weighted by Gasteiger charge is 2.06. The number of hydrogen-bond acceptors (Lipinski definition) is 4. The molecule has 84 valence electrons. The van der Waals surface area contributed by atoms with E-state index in [4.69, 9.17) is 16.3 Å². The second kappa shape index (κ2) is 5.75. The van der Waals surface area contributed by atoms with Crippen LogP contribution in [0.2, 0.25) is 5.02 Å². The molecule has 15 heavy (non-hydrogen) atoms. The molecule has 5 heteroatoms. The van der Waals surface area contributed by atoms with Crippen molar-refractivity contribution in [3.8, 4) is 5.88 Å². The van der Waals surface area contributed by atoms with Gasteiger partial charge in [-0.3, -0.25) is 0 Å². The second-order valence-corrected chi connectivity index (χ2v) is 3.99. The molecule has 4 nitrogen and oxygen atoms in total. The number of nitrogens with one attached hydrogen (secondary N) is 1. The molecule has 1 aromatic heterocycles. The smallest absolute Gasteiger partial charge is 0.237 e. The Hall–Kier alpha value is -1.03. The van der Waals surface area contributed by atoms with Crippen LogP contribution < -0.4 is 10.1 Å². The van der Waals surface area contributed by atoms with Crippen LogP contribution in [0.4, 0.5) is 5.95 Å². The summed E-state index contributed by atoms with van der Waals surface area (Å²) in [5.74, 6) is 1.43. The van der Waals surface area contributed by atoms with Crippen molar-refractivity contribution in [2.75, 3.05) is 18.5 Å². The number of aromatic nitrogens is 2. The maximum absolute atomic E-state index is 5.90. The molecule has 0 bridgehead atoms. The Kier molecular flexibility index (Phi) is 4.62. The first-order chi connectivity index (χ1) is 7.13. The summed E-state index contributed by atoms with van der Waals surface area (Å²) in [6, 6.07) is 0. The fourth-order valence-corrected chi connectivity index (χ4v) is 1.09. The van der Waals surface area contributed by atoms with E-state index in [-0.39, 0.29) is 0 Å². The molecule has 0 aliphatic carbocycles. The van der Waals surface area contributed by atoms with Gasteiger partial charge in [0.2, 0.25) is 11.8 Å². The molecular formula is C10H16ClN3O. The minimum absolute atomic E-state index is 0.441. The molecule has 1 heterocycles. The number of halogens is 1. The van der Waals surface area contributed by atoms with Gasteiger partial charge < -0.3 is 10.1 Å². The van der Waals surface area contributed by atoms with E-state index >= 15 is 0 Å². The molecule has 0 aliphatic rings. The van der Waals surface area contributed by atoms with Crippen LogP contribution in [0.3, 0.4) is 0 Å². The van der Waals surface area contributed by atoms with E-state index in [1.165, 1.54) is 0 Å². The fraction of sp³-hybridized carbons (Fsp3) is 0.600.